The lowest BCUT2D eigenvalue weighted by Crippen LogP contribution is -2.40. The minimum Gasteiger partial charge on any atom is -0.481 e. The van der Waals surface area contributed by atoms with E-state index in [1.165, 1.54) is 0 Å². The molecule has 3 nitrogen and oxygen atoms in total. The topological polar surface area (TPSA) is 57.5 Å². The Morgan fingerprint density at radius 3 is 2.33 bits per heavy atom. The number of hydrogen-bond donors (Lipinski definition) is 2. The maximum Gasteiger partial charge on any atom is 0.309 e. The van der Waals surface area contributed by atoms with E-state index in [9.17, 15) is 9.90 Å². The van der Waals surface area contributed by atoms with Crippen molar-refractivity contribution < 1.29 is 15.0 Å². The third-order valence-corrected chi connectivity index (χ3v) is 3.87. The molecule has 0 saturated heterocycles. The summed E-state index contributed by atoms with van der Waals surface area (Å²) in [5, 5.41) is 19.3. The van der Waals surface area contributed by atoms with E-state index in [0.29, 0.717) is 12.8 Å². The molecule has 0 aromatic heterocycles. The third kappa shape index (κ3) is 2.94. The van der Waals surface area contributed by atoms with Crippen molar-refractivity contribution in [3.05, 3.63) is 0 Å². The van der Waals surface area contributed by atoms with Crippen LogP contribution in [0.2, 0.25) is 0 Å². The summed E-state index contributed by atoms with van der Waals surface area (Å²) >= 11 is 0. The number of carbonyl (C=O) groups is 1. The van der Waals surface area contributed by atoms with Gasteiger partial charge in [-0.05, 0) is 38.0 Å². The van der Waals surface area contributed by atoms with Crippen molar-refractivity contribution in [2.45, 2.75) is 58.5 Å². The Labute approximate surface area is 91.5 Å². The number of carboxylic acids is 1. The molecule has 1 rings (SSSR count). The fraction of sp³-hybridized carbons (Fsp3) is 0.917. The summed E-state index contributed by atoms with van der Waals surface area (Å²) in [5.74, 6) is -1.55. The smallest absolute Gasteiger partial charge is 0.309 e. The zero-order chi connectivity index (χ0) is 11.7. The lowest BCUT2D eigenvalue weighted by molar-refractivity contribution is -0.152. The summed E-state index contributed by atoms with van der Waals surface area (Å²) in [5.41, 5.74) is -0.762. The third-order valence-electron chi connectivity index (χ3n) is 3.87. The van der Waals surface area contributed by atoms with Crippen LogP contribution in [0.1, 0.15) is 52.9 Å². The van der Waals surface area contributed by atoms with Gasteiger partial charge < -0.3 is 10.2 Å². The highest BCUT2D eigenvalue weighted by atomic mass is 16.4. The minimum atomic E-state index is -1.00. The van der Waals surface area contributed by atoms with Gasteiger partial charge in [-0.3, -0.25) is 4.79 Å². The van der Waals surface area contributed by atoms with Gasteiger partial charge in [0.05, 0.1) is 11.5 Å². The quantitative estimate of drug-likeness (QED) is 0.694. The van der Waals surface area contributed by atoms with Crippen molar-refractivity contribution in [2.24, 2.45) is 11.3 Å². The highest BCUT2D eigenvalue weighted by molar-refractivity contribution is 5.71. The normalized spacial score (nSPS) is 33.1. The molecule has 3 heteroatoms. The van der Waals surface area contributed by atoms with E-state index in [-0.39, 0.29) is 5.41 Å². The van der Waals surface area contributed by atoms with Crippen LogP contribution < -0.4 is 0 Å². The first-order chi connectivity index (χ1) is 6.77. The molecule has 1 aliphatic rings. The van der Waals surface area contributed by atoms with Crippen LogP contribution >= 0.6 is 0 Å². The summed E-state index contributed by atoms with van der Waals surface area (Å²) in [6.07, 6.45) is 4.11. The average molecular weight is 214 g/mol. The van der Waals surface area contributed by atoms with Gasteiger partial charge in [-0.15, -0.1) is 0 Å². The van der Waals surface area contributed by atoms with E-state index in [1.54, 1.807) is 6.92 Å². The van der Waals surface area contributed by atoms with Gasteiger partial charge in [-0.25, -0.2) is 0 Å². The molecule has 0 aromatic carbocycles. The van der Waals surface area contributed by atoms with Crippen LogP contribution in [-0.4, -0.2) is 21.8 Å². The van der Waals surface area contributed by atoms with Crippen molar-refractivity contribution in [3.8, 4) is 0 Å². The predicted octanol–water partition coefficient (Wildman–Crippen LogP) is 2.43. The summed E-state index contributed by atoms with van der Waals surface area (Å²) in [4.78, 5) is 10.9. The van der Waals surface area contributed by atoms with Gasteiger partial charge in [0.15, 0.2) is 0 Å². The molecule has 0 bridgehead atoms. The standard InChI is InChI=1S/C12H22O3/c1-9(10(13)14)12(15)6-4-5-11(2,3)7-8-12/h9,15H,4-8H2,1-3H3,(H,13,14). The molecule has 15 heavy (non-hydrogen) atoms. The lowest BCUT2D eigenvalue weighted by atomic mass is 9.80. The molecule has 0 amide bonds. The van der Waals surface area contributed by atoms with Crippen LogP contribution in [0.5, 0.6) is 0 Å². The number of rotatable bonds is 2. The molecule has 0 heterocycles. The Morgan fingerprint density at radius 1 is 1.20 bits per heavy atom. The van der Waals surface area contributed by atoms with E-state index in [2.05, 4.69) is 13.8 Å². The second-order valence-electron chi connectivity index (χ2n) is 5.68. The molecule has 1 aliphatic carbocycles. The second-order valence-corrected chi connectivity index (χ2v) is 5.68. The van der Waals surface area contributed by atoms with Crippen LogP contribution in [0.15, 0.2) is 0 Å². The fourth-order valence-corrected chi connectivity index (χ4v) is 2.34. The molecule has 0 spiro atoms. The number of aliphatic carboxylic acids is 1. The molecule has 2 atom stereocenters. The van der Waals surface area contributed by atoms with E-state index < -0.39 is 17.5 Å². The first kappa shape index (κ1) is 12.5. The maximum atomic E-state index is 10.9. The highest BCUT2D eigenvalue weighted by Crippen LogP contribution is 2.41. The van der Waals surface area contributed by atoms with Gasteiger partial charge in [0, 0.05) is 0 Å². The zero-order valence-electron chi connectivity index (χ0n) is 9.92. The van der Waals surface area contributed by atoms with Crippen molar-refractivity contribution in [2.75, 3.05) is 0 Å². The predicted molar refractivity (Wildman–Crippen MR) is 58.6 cm³/mol. The molecule has 2 N–H and O–H groups in total. The maximum absolute atomic E-state index is 10.9. The van der Waals surface area contributed by atoms with Crippen LogP contribution in [0.3, 0.4) is 0 Å². The molecule has 1 saturated carbocycles. The lowest BCUT2D eigenvalue weighted by Gasteiger charge is -2.31. The van der Waals surface area contributed by atoms with Crippen molar-refractivity contribution >= 4 is 5.97 Å². The van der Waals surface area contributed by atoms with Crippen molar-refractivity contribution in [1.82, 2.24) is 0 Å². The largest absolute Gasteiger partial charge is 0.481 e. The Hall–Kier alpha value is -0.570. The molecule has 0 radical (unpaired) electrons. The first-order valence-electron chi connectivity index (χ1n) is 5.72. The van der Waals surface area contributed by atoms with Crippen LogP contribution in [0.4, 0.5) is 0 Å². The molecule has 0 aliphatic heterocycles. The van der Waals surface area contributed by atoms with E-state index in [0.717, 1.165) is 19.3 Å². The summed E-state index contributed by atoms with van der Waals surface area (Å²) in [6, 6.07) is 0. The Bertz CT molecular complexity index is 247. The molecule has 0 aromatic rings. The molecule has 1 fully saturated rings. The van der Waals surface area contributed by atoms with E-state index in [1.807, 2.05) is 0 Å². The summed E-state index contributed by atoms with van der Waals surface area (Å²) in [7, 11) is 0. The zero-order valence-corrected chi connectivity index (χ0v) is 9.92. The van der Waals surface area contributed by atoms with Crippen molar-refractivity contribution in [3.63, 3.8) is 0 Å². The molecule has 88 valence electrons. The summed E-state index contributed by atoms with van der Waals surface area (Å²) < 4.78 is 0. The number of carboxylic acid groups (broad SMARTS) is 1. The monoisotopic (exact) mass is 214 g/mol. The van der Waals surface area contributed by atoms with Gasteiger partial charge in [-0.1, -0.05) is 20.3 Å². The molecular weight excluding hydrogens is 192 g/mol. The Balaban J connectivity index is 2.74. The van der Waals surface area contributed by atoms with Gasteiger partial charge in [-0.2, -0.15) is 0 Å². The van der Waals surface area contributed by atoms with Crippen molar-refractivity contribution in [1.29, 1.82) is 0 Å². The SMILES string of the molecule is CC(C(=O)O)C1(O)CCCC(C)(C)CC1. The van der Waals surface area contributed by atoms with E-state index in [4.69, 9.17) is 5.11 Å². The Morgan fingerprint density at radius 2 is 1.80 bits per heavy atom. The number of hydrogen-bond acceptors (Lipinski definition) is 2. The number of aliphatic hydroxyl groups is 1. The summed E-state index contributed by atoms with van der Waals surface area (Å²) in [6.45, 7) is 5.98. The highest BCUT2D eigenvalue weighted by Gasteiger charge is 2.41. The first-order valence-corrected chi connectivity index (χ1v) is 5.72. The Kier molecular flexibility index (Phi) is 3.44. The minimum absolute atomic E-state index is 0.239. The van der Waals surface area contributed by atoms with Crippen LogP contribution in [0, 0.1) is 11.3 Å². The fourth-order valence-electron chi connectivity index (χ4n) is 2.34. The van der Waals surface area contributed by atoms with Crippen LogP contribution in [0.25, 0.3) is 0 Å². The van der Waals surface area contributed by atoms with Gasteiger partial charge in [0.25, 0.3) is 0 Å². The molecule has 2 unspecified atom stereocenters. The van der Waals surface area contributed by atoms with Gasteiger partial charge >= 0.3 is 5.97 Å². The molecular formula is C12H22O3. The second kappa shape index (κ2) is 4.12. The van der Waals surface area contributed by atoms with E-state index >= 15 is 0 Å². The average Bonchev–Trinajstić information content (AvgIpc) is 2.25. The van der Waals surface area contributed by atoms with Gasteiger partial charge in [0.1, 0.15) is 0 Å². The van der Waals surface area contributed by atoms with Crippen LogP contribution in [-0.2, 0) is 4.79 Å². The van der Waals surface area contributed by atoms with Gasteiger partial charge in [0.2, 0.25) is 0 Å².